The molecule has 0 radical (unpaired) electrons. The van der Waals surface area contributed by atoms with Gasteiger partial charge in [0.15, 0.2) is 5.76 Å². The van der Waals surface area contributed by atoms with E-state index in [0.717, 1.165) is 5.76 Å². The molecule has 17 heavy (non-hydrogen) atoms. The molecular weight excluding hydrogens is 254 g/mol. The van der Waals surface area contributed by atoms with Crippen molar-refractivity contribution >= 4 is 22.9 Å². The maximum atomic E-state index is 5.95. The first-order valence-electron chi connectivity index (χ1n) is 5.96. The van der Waals surface area contributed by atoms with E-state index >= 15 is 0 Å². The molecule has 0 aromatic carbocycles. The Bertz CT molecular complexity index is 506. The molecule has 2 heterocycles. The van der Waals surface area contributed by atoms with Crippen LogP contribution >= 0.6 is 22.9 Å². The Morgan fingerprint density at radius 3 is 2.94 bits per heavy atom. The minimum atomic E-state index is -0.168. The van der Waals surface area contributed by atoms with Crippen molar-refractivity contribution in [3.63, 3.8) is 0 Å². The van der Waals surface area contributed by atoms with Gasteiger partial charge in [-0.05, 0) is 44.2 Å². The second kappa shape index (κ2) is 4.46. The summed E-state index contributed by atoms with van der Waals surface area (Å²) in [5.74, 6) is 1.46. The van der Waals surface area contributed by atoms with Crippen LogP contribution in [0.25, 0.3) is 10.6 Å². The molecule has 1 aliphatic rings. The van der Waals surface area contributed by atoms with E-state index < -0.39 is 0 Å². The Kier molecular flexibility index (Phi) is 2.97. The maximum Gasteiger partial charge on any atom is 0.212 e. The minimum absolute atomic E-state index is 0.168. The normalized spacial score (nSPS) is 16.8. The van der Waals surface area contributed by atoms with Gasteiger partial charge < -0.3 is 4.42 Å². The van der Waals surface area contributed by atoms with Gasteiger partial charge in [0.2, 0.25) is 5.89 Å². The summed E-state index contributed by atoms with van der Waals surface area (Å²) in [5.41, 5.74) is 1.49. The molecule has 1 unspecified atom stereocenters. The lowest BCUT2D eigenvalue weighted by Gasteiger charge is -2.08. The lowest BCUT2D eigenvalue weighted by molar-refractivity contribution is 0.509. The molecule has 0 bridgehead atoms. The molecule has 4 heteroatoms. The zero-order valence-corrected chi connectivity index (χ0v) is 11.3. The Labute approximate surface area is 110 Å². The second-order valence-electron chi connectivity index (χ2n) is 4.44. The van der Waals surface area contributed by atoms with Gasteiger partial charge in [-0.1, -0.05) is 0 Å². The van der Waals surface area contributed by atoms with E-state index in [1.165, 1.54) is 41.0 Å². The molecule has 2 nitrogen and oxygen atoms in total. The van der Waals surface area contributed by atoms with Crippen molar-refractivity contribution in [2.75, 3.05) is 0 Å². The first-order valence-corrected chi connectivity index (χ1v) is 7.21. The predicted molar refractivity (Wildman–Crippen MR) is 70.7 cm³/mol. The van der Waals surface area contributed by atoms with E-state index in [1.807, 2.05) is 18.3 Å². The highest BCUT2D eigenvalue weighted by Crippen LogP contribution is 2.36. The van der Waals surface area contributed by atoms with Crippen LogP contribution in [0.4, 0.5) is 0 Å². The highest BCUT2D eigenvalue weighted by molar-refractivity contribution is 7.15. The monoisotopic (exact) mass is 267 g/mol. The lowest BCUT2D eigenvalue weighted by atomic mass is 9.99. The molecule has 0 N–H and O–H groups in total. The average molecular weight is 268 g/mol. The number of thiophene rings is 1. The smallest absolute Gasteiger partial charge is 0.212 e. The molecule has 3 rings (SSSR count). The Morgan fingerprint density at radius 1 is 1.41 bits per heavy atom. The zero-order valence-electron chi connectivity index (χ0n) is 9.70. The summed E-state index contributed by atoms with van der Waals surface area (Å²) >= 11 is 7.79. The molecule has 1 atom stereocenters. The van der Waals surface area contributed by atoms with Crippen molar-refractivity contribution in [3.05, 3.63) is 28.6 Å². The molecule has 0 aliphatic heterocycles. The SMILES string of the molecule is CC(Cl)c1ncc(-c2cc3c(s2)CCCC3)o1. The van der Waals surface area contributed by atoms with Gasteiger partial charge in [0.05, 0.1) is 11.1 Å². The summed E-state index contributed by atoms with van der Waals surface area (Å²) in [4.78, 5) is 6.91. The molecule has 0 fully saturated rings. The van der Waals surface area contributed by atoms with Gasteiger partial charge in [0, 0.05) is 4.88 Å². The summed E-state index contributed by atoms with van der Waals surface area (Å²) in [6, 6.07) is 2.25. The summed E-state index contributed by atoms with van der Waals surface area (Å²) in [7, 11) is 0. The lowest BCUT2D eigenvalue weighted by Crippen LogP contribution is -1.96. The number of aryl methyl sites for hydroxylation is 2. The number of alkyl halides is 1. The third-order valence-corrected chi connectivity index (χ3v) is 4.54. The van der Waals surface area contributed by atoms with E-state index in [0.29, 0.717) is 5.89 Å². The zero-order chi connectivity index (χ0) is 11.8. The molecular formula is C13H14ClNOS. The number of rotatable bonds is 2. The van der Waals surface area contributed by atoms with Crippen LogP contribution in [-0.2, 0) is 12.8 Å². The first-order chi connectivity index (χ1) is 8.24. The fraction of sp³-hybridized carbons (Fsp3) is 0.462. The highest BCUT2D eigenvalue weighted by atomic mass is 35.5. The van der Waals surface area contributed by atoms with E-state index in [1.54, 1.807) is 6.20 Å². The molecule has 1 aliphatic carbocycles. The number of aromatic nitrogens is 1. The molecule has 90 valence electrons. The Balaban J connectivity index is 1.94. The fourth-order valence-electron chi connectivity index (χ4n) is 2.20. The second-order valence-corrected chi connectivity index (χ2v) is 6.24. The van der Waals surface area contributed by atoms with Crippen molar-refractivity contribution in [2.45, 2.75) is 38.0 Å². The van der Waals surface area contributed by atoms with Crippen molar-refractivity contribution in [3.8, 4) is 10.6 Å². The van der Waals surface area contributed by atoms with Gasteiger partial charge in [0.1, 0.15) is 5.38 Å². The van der Waals surface area contributed by atoms with Crippen LogP contribution in [0.2, 0.25) is 0 Å². The van der Waals surface area contributed by atoms with Crippen molar-refractivity contribution < 1.29 is 4.42 Å². The number of halogens is 1. The number of oxazole rings is 1. The number of fused-ring (bicyclic) bond motifs is 1. The number of hydrogen-bond acceptors (Lipinski definition) is 3. The number of hydrogen-bond donors (Lipinski definition) is 0. The predicted octanol–water partition coefficient (Wildman–Crippen LogP) is 4.58. The summed E-state index contributed by atoms with van der Waals surface area (Å²) in [5, 5.41) is -0.168. The minimum Gasteiger partial charge on any atom is -0.438 e. The average Bonchev–Trinajstić information content (AvgIpc) is 2.95. The van der Waals surface area contributed by atoms with Crippen LogP contribution in [0.5, 0.6) is 0 Å². The first kappa shape index (κ1) is 11.3. The van der Waals surface area contributed by atoms with Crippen LogP contribution in [0.15, 0.2) is 16.7 Å². The molecule has 2 aromatic heterocycles. The van der Waals surface area contributed by atoms with Gasteiger partial charge in [-0.2, -0.15) is 0 Å². The van der Waals surface area contributed by atoms with Crippen molar-refractivity contribution in [1.29, 1.82) is 0 Å². The van der Waals surface area contributed by atoms with Crippen LogP contribution in [0.3, 0.4) is 0 Å². The largest absolute Gasteiger partial charge is 0.438 e. The Morgan fingerprint density at radius 2 is 2.24 bits per heavy atom. The quantitative estimate of drug-likeness (QED) is 0.745. The summed E-state index contributed by atoms with van der Waals surface area (Å²) in [6.45, 7) is 1.87. The van der Waals surface area contributed by atoms with E-state index in [-0.39, 0.29) is 5.38 Å². The standard InChI is InChI=1S/C13H14ClNOS/c1-8(14)13-15-7-10(16-13)12-6-9-4-2-3-5-11(9)17-12/h6-8H,2-5H2,1H3. The van der Waals surface area contributed by atoms with Gasteiger partial charge in [-0.25, -0.2) is 4.98 Å². The van der Waals surface area contributed by atoms with Crippen LogP contribution in [0, 0.1) is 0 Å². The molecule has 0 spiro atoms. The molecule has 0 saturated heterocycles. The molecule has 2 aromatic rings. The van der Waals surface area contributed by atoms with Gasteiger partial charge in [-0.15, -0.1) is 22.9 Å². The van der Waals surface area contributed by atoms with Gasteiger partial charge in [-0.3, -0.25) is 0 Å². The van der Waals surface area contributed by atoms with Crippen LogP contribution in [-0.4, -0.2) is 4.98 Å². The van der Waals surface area contributed by atoms with E-state index in [4.69, 9.17) is 16.0 Å². The summed E-state index contributed by atoms with van der Waals surface area (Å²) < 4.78 is 5.68. The summed E-state index contributed by atoms with van der Waals surface area (Å²) in [6.07, 6.45) is 6.83. The topological polar surface area (TPSA) is 26.0 Å². The highest BCUT2D eigenvalue weighted by Gasteiger charge is 2.17. The van der Waals surface area contributed by atoms with Crippen molar-refractivity contribution in [2.24, 2.45) is 0 Å². The molecule has 0 amide bonds. The molecule has 0 saturated carbocycles. The van der Waals surface area contributed by atoms with Crippen LogP contribution < -0.4 is 0 Å². The van der Waals surface area contributed by atoms with E-state index in [9.17, 15) is 0 Å². The van der Waals surface area contributed by atoms with Gasteiger partial charge in [0.25, 0.3) is 0 Å². The van der Waals surface area contributed by atoms with E-state index in [2.05, 4.69) is 11.1 Å². The third-order valence-electron chi connectivity index (χ3n) is 3.10. The van der Waals surface area contributed by atoms with Crippen molar-refractivity contribution in [1.82, 2.24) is 4.98 Å². The number of nitrogens with zero attached hydrogens (tertiary/aromatic N) is 1. The maximum absolute atomic E-state index is 5.95. The van der Waals surface area contributed by atoms with Gasteiger partial charge >= 0.3 is 0 Å². The van der Waals surface area contributed by atoms with Crippen LogP contribution in [0.1, 0.15) is 41.5 Å². The fourth-order valence-corrected chi connectivity index (χ4v) is 3.50. The Hall–Kier alpha value is -0.800. The third kappa shape index (κ3) is 2.14.